The third-order valence-corrected chi connectivity index (χ3v) is 2.43. The van der Waals surface area contributed by atoms with Gasteiger partial charge in [0.05, 0.1) is 18.7 Å². The fraction of sp³-hybridized carbons (Fsp3) is 0.308. The highest BCUT2D eigenvalue weighted by molar-refractivity contribution is 5.83. The number of carbonyl (C=O) groups excluding carboxylic acids is 2. The van der Waals surface area contributed by atoms with Crippen molar-refractivity contribution in [1.29, 1.82) is 5.26 Å². The minimum Gasteiger partial charge on any atom is -0.467 e. The third kappa shape index (κ3) is 3.59. The van der Waals surface area contributed by atoms with E-state index in [1.165, 1.54) is 14.0 Å². The van der Waals surface area contributed by atoms with Crippen LogP contribution >= 0.6 is 0 Å². The number of esters is 1. The van der Waals surface area contributed by atoms with Crippen molar-refractivity contribution >= 4 is 11.9 Å². The molecule has 94 valence electrons. The molecule has 0 saturated heterocycles. The normalized spacial score (nSPS) is 11.2. The van der Waals surface area contributed by atoms with Crippen LogP contribution in [-0.2, 0) is 20.7 Å². The molecule has 0 spiro atoms. The number of nitriles is 1. The quantitative estimate of drug-likeness (QED) is 0.796. The fourth-order valence-electron chi connectivity index (χ4n) is 1.61. The lowest BCUT2D eigenvalue weighted by atomic mass is 10.0. The number of ether oxygens (including phenoxy) is 1. The molecular formula is C13H14N2O3. The van der Waals surface area contributed by atoms with E-state index in [4.69, 9.17) is 5.26 Å². The molecule has 1 atom stereocenters. The predicted octanol–water partition coefficient (Wildman–Crippen LogP) is 0.778. The van der Waals surface area contributed by atoms with Gasteiger partial charge in [-0.3, -0.25) is 4.79 Å². The summed E-state index contributed by atoms with van der Waals surface area (Å²) in [6.45, 7) is 1.33. The molecule has 1 aromatic carbocycles. The van der Waals surface area contributed by atoms with Crippen LogP contribution in [0.15, 0.2) is 24.3 Å². The van der Waals surface area contributed by atoms with E-state index in [0.717, 1.165) is 0 Å². The second-order valence-corrected chi connectivity index (χ2v) is 3.75. The molecule has 0 radical (unpaired) electrons. The Morgan fingerprint density at radius 3 is 2.67 bits per heavy atom. The maximum Gasteiger partial charge on any atom is 0.328 e. The van der Waals surface area contributed by atoms with Crippen LogP contribution in [0.3, 0.4) is 0 Å². The Hall–Kier alpha value is -2.35. The molecule has 0 aliphatic carbocycles. The van der Waals surface area contributed by atoms with Gasteiger partial charge in [0, 0.05) is 13.3 Å². The van der Waals surface area contributed by atoms with E-state index in [0.29, 0.717) is 11.1 Å². The summed E-state index contributed by atoms with van der Waals surface area (Å²) in [5.41, 5.74) is 1.18. The van der Waals surface area contributed by atoms with E-state index < -0.39 is 12.0 Å². The van der Waals surface area contributed by atoms with Gasteiger partial charge in [0.1, 0.15) is 6.04 Å². The Morgan fingerprint density at radius 2 is 2.11 bits per heavy atom. The summed E-state index contributed by atoms with van der Waals surface area (Å²) in [6.07, 6.45) is 0.232. The van der Waals surface area contributed by atoms with Crippen LogP contribution in [0, 0.1) is 11.3 Å². The molecule has 0 unspecified atom stereocenters. The van der Waals surface area contributed by atoms with Crippen molar-refractivity contribution in [2.45, 2.75) is 19.4 Å². The predicted molar refractivity (Wildman–Crippen MR) is 64.5 cm³/mol. The third-order valence-electron chi connectivity index (χ3n) is 2.43. The van der Waals surface area contributed by atoms with Gasteiger partial charge in [-0.05, 0) is 11.6 Å². The molecule has 1 aromatic rings. The molecule has 5 heteroatoms. The number of hydrogen-bond donors (Lipinski definition) is 1. The van der Waals surface area contributed by atoms with E-state index in [1.54, 1.807) is 24.3 Å². The van der Waals surface area contributed by atoms with E-state index in [2.05, 4.69) is 10.1 Å². The zero-order valence-corrected chi connectivity index (χ0v) is 10.3. The van der Waals surface area contributed by atoms with Crippen molar-refractivity contribution in [3.8, 4) is 6.07 Å². The Bertz CT molecular complexity index is 491. The van der Waals surface area contributed by atoms with Gasteiger partial charge < -0.3 is 10.1 Å². The maximum absolute atomic E-state index is 11.5. The minimum atomic E-state index is -0.776. The van der Waals surface area contributed by atoms with Gasteiger partial charge >= 0.3 is 5.97 Å². The molecule has 5 nitrogen and oxygen atoms in total. The first-order valence-electron chi connectivity index (χ1n) is 5.41. The summed E-state index contributed by atoms with van der Waals surface area (Å²) in [4.78, 5) is 22.6. The van der Waals surface area contributed by atoms with E-state index in [1.807, 2.05) is 6.07 Å². The van der Waals surface area contributed by atoms with Crippen molar-refractivity contribution in [1.82, 2.24) is 5.32 Å². The van der Waals surface area contributed by atoms with E-state index >= 15 is 0 Å². The summed E-state index contributed by atoms with van der Waals surface area (Å²) < 4.78 is 4.62. The molecule has 0 aromatic heterocycles. The second kappa shape index (κ2) is 6.40. The first kappa shape index (κ1) is 13.7. The van der Waals surface area contributed by atoms with Crippen molar-refractivity contribution in [2.75, 3.05) is 7.11 Å². The minimum absolute atomic E-state index is 0.232. The highest BCUT2D eigenvalue weighted by atomic mass is 16.5. The number of benzene rings is 1. The van der Waals surface area contributed by atoms with Crippen LogP contribution in [0.25, 0.3) is 0 Å². The highest BCUT2D eigenvalue weighted by Crippen LogP contribution is 2.10. The number of amides is 1. The Balaban J connectivity index is 2.92. The largest absolute Gasteiger partial charge is 0.467 e. The zero-order valence-electron chi connectivity index (χ0n) is 10.3. The molecule has 1 N–H and O–H groups in total. The van der Waals surface area contributed by atoms with Gasteiger partial charge in [-0.2, -0.15) is 5.26 Å². The molecule has 0 heterocycles. The summed E-state index contributed by atoms with van der Waals surface area (Å²) >= 11 is 0. The fourth-order valence-corrected chi connectivity index (χ4v) is 1.61. The average Bonchev–Trinajstić information content (AvgIpc) is 2.37. The Morgan fingerprint density at radius 1 is 1.44 bits per heavy atom. The number of carbonyl (C=O) groups is 2. The van der Waals surface area contributed by atoms with Gasteiger partial charge in [0.25, 0.3) is 0 Å². The number of rotatable bonds is 4. The van der Waals surface area contributed by atoms with Gasteiger partial charge in [0.2, 0.25) is 5.91 Å². The molecule has 0 bridgehead atoms. The highest BCUT2D eigenvalue weighted by Gasteiger charge is 2.21. The SMILES string of the molecule is COC(=O)[C@H](Cc1ccccc1C#N)NC(C)=O. The van der Waals surface area contributed by atoms with Gasteiger partial charge in [-0.25, -0.2) is 4.79 Å². The summed E-state index contributed by atoms with van der Waals surface area (Å²) in [7, 11) is 1.26. The smallest absolute Gasteiger partial charge is 0.328 e. The molecule has 18 heavy (non-hydrogen) atoms. The number of nitrogens with zero attached hydrogens (tertiary/aromatic N) is 1. The van der Waals surface area contributed by atoms with Crippen LogP contribution in [0.4, 0.5) is 0 Å². The first-order chi connectivity index (χ1) is 8.58. The van der Waals surface area contributed by atoms with Crippen LogP contribution in [0.5, 0.6) is 0 Å². The first-order valence-corrected chi connectivity index (χ1v) is 5.41. The molecular weight excluding hydrogens is 232 g/mol. The molecule has 0 aliphatic heterocycles. The van der Waals surface area contributed by atoms with Gasteiger partial charge in [0.15, 0.2) is 0 Å². The van der Waals surface area contributed by atoms with Crippen molar-refractivity contribution in [3.05, 3.63) is 35.4 Å². The summed E-state index contributed by atoms with van der Waals surface area (Å²) in [5.74, 6) is -0.849. The topological polar surface area (TPSA) is 79.2 Å². The number of methoxy groups -OCH3 is 1. The Labute approximate surface area is 105 Å². The molecule has 1 rings (SSSR count). The van der Waals surface area contributed by atoms with Crippen LogP contribution in [-0.4, -0.2) is 25.0 Å². The van der Waals surface area contributed by atoms with Gasteiger partial charge in [-0.15, -0.1) is 0 Å². The average molecular weight is 246 g/mol. The monoisotopic (exact) mass is 246 g/mol. The van der Waals surface area contributed by atoms with Crippen molar-refractivity contribution in [3.63, 3.8) is 0 Å². The van der Waals surface area contributed by atoms with E-state index in [9.17, 15) is 9.59 Å². The number of nitrogens with one attached hydrogen (secondary N) is 1. The summed E-state index contributed by atoms with van der Waals surface area (Å²) in [5, 5.41) is 11.5. The lowest BCUT2D eigenvalue weighted by Crippen LogP contribution is -2.42. The molecule has 1 amide bonds. The molecule has 0 aliphatic rings. The lowest BCUT2D eigenvalue weighted by molar-refractivity contribution is -0.144. The van der Waals surface area contributed by atoms with E-state index in [-0.39, 0.29) is 12.3 Å². The second-order valence-electron chi connectivity index (χ2n) is 3.75. The zero-order chi connectivity index (χ0) is 13.5. The maximum atomic E-state index is 11.5. The molecule has 0 saturated carbocycles. The van der Waals surface area contributed by atoms with Crippen molar-refractivity contribution in [2.24, 2.45) is 0 Å². The molecule has 0 fully saturated rings. The van der Waals surface area contributed by atoms with Gasteiger partial charge in [-0.1, -0.05) is 18.2 Å². The Kier molecular flexibility index (Phi) is 4.88. The van der Waals surface area contributed by atoms with Crippen LogP contribution in [0.1, 0.15) is 18.1 Å². The van der Waals surface area contributed by atoms with Crippen LogP contribution in [0.2, 0.25) is 0 Å². The van der Waals surface area contributed by atoms with Crippen LogP contribution < -0.4 is 5.32 Å². The van der Waals surface area contributed by atoms with Crippen molar-refractivity contribution < 1.29 is 14.3 Å². The summed E-state index contributed by atoms with van der Waals surface area (Å²) in [6, 6.07) is 8.20. The standard InChI is InChI=1S/C13H14N2O3/c1-9(16)15-12(13(17)18-2)7-10-5-3-4-6-11(10)8-14/h3-6,12H,7H2,1-2H3,(H,15,16)/t12-/m0/s1. The lowest BCUT2D eigenvalue weighted by Gasteiger charge is -2.15. The number of hydrogen-bond acceptors (Lipinski definition) is 4.